The third kappa shape index (κ3) is 2.97. The number of hydrogen-bond donors (Lipinski definition) is 1. The van der Waals surface area contributed by atoms with Crippen molar-refractivity contribution in [1.82, 2.24) is 10.1 Å². The van der Waals surface area contributed by atoms with Crippen molar-refractivity contribution < 1.29 is 4.52 Å². The highest BCUT2D eigenvalue weighted by molar-refractivity contribution is 5.93. The lowest BCUT2D eigenvalue weighted by molar-refractivity contribution is 0.459. The van der Waals surface area contributed by atoms with Crippen LogP contribution in [0.25, 0.3) is 22.2 Å². The molecule has 0 saturated heterocycles. The summed E-state index contributed by atoms with van der Waals surface area (Å²) in [5.41, 5.74) is 11.6. The predicted octanol–water partition coefficient (Wildman–Crippen LogP) is 4.11. The second-order valence-electron chi connectivity index (χ2n) is 6.11. The number of pyridine rings is 1. The number of benzene rings is 2. The van der Waals surface area contributed by atoms with Crippen molar-refractivity contribution in [2.75, 3.05) is 0 Å². The summed E-state index contributed by atoms with van der Waals surface area (Å²) < 4.78 is 5.50. The average Bonchev–Trinajstić information content (AvgIpc) is 3.11. The second-order valence-corrected chi connectivity index (χ2v) is 6.11. The summed E-state index contributed by atoms with van der Waals surface area (Å²) >= 11 is 0. The number of fused-ring (bicyclic) bond motifs is 1. The lowest BCUT2D eigenvalue weighted by Crippen LogP contribution is -2.15. The van der Waals surface area contributed by atoms with Crippen LogP contribution in [0.5, 0.6) is 0 Å². The smallest absolute Gasteiger partial charge is 0.168 e. The lowest BCUT2D eigenvalue weighted by Gasteiger charge is -2.15. The van der Waals surface area contributed by atoms with E-state index in [4.69, 9.17) is 16.7 Å². The van der Waals surface area contributed by atoms with E-state index in [2.05, 4.69) is 16.1 Å². The summed E-state index contributed by atoms with van der Waals surface area (Å²) in [7, 11) is 0. The normalized spacial score (nSPS) is 12.0. The molecule has 2 aromatic heterocycles. The zero-order valence-corrected chi connectivity index (χ0v) is 14.1. The molecule has 0 unspecified atom stereocenters. The third-order valence-corrected chi connectivity index (χ3v) is 4.41. The first kappa shape index (κ1) is 16.1. The van der Waals surface area contributed by atoms with Gasteiger partial charge in [-0.2, -0.15) is 0 Å². The Balaban J connectivity index is 1.76. The van der Waals surface area contributed by atoms with Crippen LogP contribution in [-0.4, -0.2) is 10.1 Å². The van der Waals surface area contributed by atoms with E-state index in [1.807, 2.05) is 60.7 Å². The fourth-order valence-electron chi connectivity index (χ4n) is 3.11. The Bertz CT molecular complexity index is 1090. The first-order valence-electron chi connectivity index (χ1n) is 8.37. The van der Waals surface area contributed by atoms with Gasteiger partial charge < -0.3 is 10.3 Å². The van der Waals surface area contributed by atoms with Crippen LogP contribution < -0.4 is 5.73 Å². The van der Waals surface area contributed by atoms with Crippen molar-refractivity contribution in [2.45, 2.75) is 12.5 Å². The van der Waals surface area contributed by atoms with E-state index in [1.54, 1.807) is 6.20 Å². The predicted molar refractivity (Wildman–Crippen MR) is 102 cm³/mol. The van der Waals surface area contributed by atoms with E-state index in [-0.39, 0.29) is 6.04 Å². The fraction of sp³-hybridized carbons (Fsp3) is 0.0909. The van der Waals surface area contributed by atoms with Crippen LogP contribution in [0.3, 0.4) is 0 Å². The Kier molecular flexibility index (Phi) is 4.22. The van der Waals surface area contributed by atoms with Crippen molar-refractivity contribution >= 4 is 11.0 Å². The molecule has 0 amide bonds. The summed E-state index contributed by atoms with van der Waals surface area (Å²) in [6, 6.07) is 19.3. The first-order chi connectivity index (χ1) is 12.8. The summed E-state index contributed by atoms with van der Waals surface area (Å²) in [6.07, 6.45) is 7.89. The highest BCUT2D eigenvalue weighted by Crippen LogP contribution is 2.33. The molecule has 26 heavy (non-hydrogen) atoms. The molecule has 2 aromatic carbocycles. The molecule has 2 N–H and O–H groups in total. The van der Waals surface area contributed by atoms with Gasteiger partial charge >= 0.3 is 0 Å². The maximum absolute atomic E-state index is 6.50. The van der Waals surface area contributed by atoms with Gasteiger partial charge in [-0.05, 0) is 35.9 Å². The van der Waals surface area contributed by atoms with Crippen molar-refractivity contribution in [1.29, 1.82) is 0 Å². The molecule has 0 spiro atoms. The quantitative estimate of drug-likeness (QED) is 0.568. The van der Waals surface area contributed by atoms with Crippen molar-refractivity contribution in [3.05, 3.63) is 83.7 Å². The van der Waals surface area contributed by atoms with Gasteiger partial charge in [0.05, 0.1) is 0 Å². The van der Waals surface area contributed by atoms with Gasteiger partial charge in [0.2, 0.25) is 0 Å². The van der Waals surface area contributed by atoms with Crippen LogP contribution in [0.1, 0.15) is 22.9 Å². The maximum Gasteiger partial charge on any atom is 0.168 e. The first-order valence-corrected chi connectivity index (χ1v) is 8.37. The van der Waals surface area contributed by atoms with Crippen molar-refractivity contribution in [2.24, 2.45) is 5.73 Å². The van der Waals surface area contributed by atoms with Gasteiger partial charge in [-0.1, -0.05) is 41.4 Å². The summed E-state index contributed by atoms with van der Waals surface area (Å²) in [5.74, 6) is 2.61. The van der Waals surface area contributed by atoms with Gasteiger partial charge in [0, 0.05) is 40.9 Å². The van der Waals surface area contributed by atoms with E-state index >= 15 is 0 Å². The van der Waals surface area contributed by atoms with Crippen molar-refractivity contribution in [3.63, 3.8) is 0 Å². The van der Waals surface area contributed by atoms with Crippen LogP contribution in [0, 0.1) is 12.3 Å². The molecule has 0 aliphatic heterocycles. The number of hydrogen-bond acceptors (Lipinski definition) is 4. The van der Waals surface area contributed by atoms with Crippen LogP contribution in [0.2, 0.25) is 0 Å². The van der Waals surface area contributed by atoms with Gasteiger partial charge in [-0.25, -0.2) is 0 Å². The highest BCUT2D eigenvalue weighted by atomic mass is 16.5. The minimum Gasteiger partial charge on any atom is -0.356 e. The molecule has 1 atom stereocenters. The lowest BCUT2D eigenvalue weighted by atomic mass is 9.94. The minimum absolute atomic E-state index is 0.196. The van der Waals surface area contributed by atoms with Gasteiger partial charge in [0.25, 0.3) is 0 Å². The molecular formula is C22H17N3O. The molecular weight excluding hydrogens is 322 g/mol. The standard InChI is InChI=1S/C22H17N3O/c1-2-15-10-11-19-21(13-15)26-25-22(19)18-9-4-3-8-17(18)20(23)14-16-7-5-6-12-24-16/h1,3-13,20H,14,23H2/t20-/m0/s1. The van der Waals surface area contributed by atoms with Gasteiger partial charge in [-0.15, -0.1) is 6.42 Å². The molecule has 4 heteroatoms. The monoisotopic (exact) mass is 339 g/mol. The van der Waals surface area contributed by atoms with E-state index in [0.29, 0.717) is 12.0 Å². The highest BCUT2D eigenvalue weighted by Gasteiger charge is 2.18. The van der Waals surface area contributed by atoms with Crippen LogP contribution in [-0.2, 0) is 6.42 Å². The van der Waals surface area contributed by atoms with E-state index in [1.165, 1.54) is 0 Å². The van der Waals surface area contributed by atoms with Gasteiger partial charge in [-0.3, -0.25) is 4.98 Å². The van der Waals surface area contributed by atoms with Crippen molar-refractivity contribution in [3.8, 4) is 23.6 Å². The summed E-state index contributed by atoms with van der Waals surface area (Å²) in [5, 5.41) is 5.19. The Morgan fingerprint density at radius 1 is 1.08 bits per heavy atom. The number of nitrogens with zero attached hydrogens (tertiary/aromatic N) is 2. The number of rotatable bonds is 4. The van der Waals surface area contributed by atoms with Crippen LogP contribution in [0.4, 0.5) is 0 Å². The summed E-state index contributed by atoms with van der Waals surface area (Å²) in [4.78, 5) is 4.37. The molecule has 0 radical (unpaired) electrons. The van der Waals surface area contributed by atoms with Crippen LogP contribution >= 0.6 is 0 Å². The van der Waals surface area contributed by atoms with Crippen LogP contribution in [0.15, 0.2) is 71.4 Å². The number of aromatic nitrogens is 2. The Hall–Kier alpha value is -3.42. The minimum atomic E-state index is -0.196. The Morgan fingerprint density at radius 3 is 2.73 bits per heavy atom. The Labute approximate surface area is 151 Å². The summed E-state index contributed by atoms with van der Waals surface area (Å²) in [6.45, 7) is 0. The molecule has 2 heterocycles. The Morgan fingerprint density at radius 2 is 1.92 bits per heavy atom. The van der Waals surface area contributed by atoms with E-state index < -0.39 is 0 Å². The SMILES string of the molecule is C#Cc1ccc2c(-c3ccccc3[C@@H](N)Cc3ccccn3)noc2c1. The molecule has 4 nitrogen and oxygen atoms in total. The largest absolute Gasteiger partial charge is 0.356 e. The van der Waals surface area contributed by atoms with Gasteiger partial charge in [0.1, 0.15) is 5.69 Å². The number of terminal acetylenes is 1. The van der Waals surface area contributed by atoms with E-state index in [0.717, 1.165) is 33.5 Å². The molecule has 0 bridgehead atoms. The fourth-order valence-corrected chi connectivity index (χ4v) is 3.11. The average molecular weight is 339 g/mol. The molecule has 0 fully saturated rings. The van der Waals surface area contributed by atoms with Gasteiger partial charge in [0.15, 0.2) is 5.58 Å². The second kappa shape index (κ2) is 6.83. The molecule has 0 aliphatic rings. The molecule has 4 aromatic rings. The molecule has 126 valence electrons. The maximum atomic E-state index is 6.50. The zero-order valence-electron chi connectivity index (χ0n) is 14.1. The topological polar surface area (TPSA) is 64.9 Å². The number of nitrogens with two attached hydrogens (primary N) is 1. The third-order valence-electron chi connectivity index (χ3n) is 4.41. The molecule has 0 aliphatic carbocycles. The zero-order chi connectivity index (χ0) is 17.9. The van der Waals surface area contributed by atoms with E-state index in [9.17, 15) is 0 Å². The molecule has 0 saturated carbocycles. The molecule has 4 rings (SSSR count).